The zero-order valence-electron chi connectivity index (χ0n) is 22.7. The molecule has 1 aliphatic carbocycles. The number of carbonyl (C=O) groups is 1. The van der Waals surface area contributed by atoms with Crippen molar-refractivity contribution in [2.75, 3.05) is 19.7 Å². The lowest BCUT2D eigenvalue weighted by molar-refractivity contribution is -0.142. The van der Waals surface area contributed by atoms with Gasteiger partial charge in [0.1, 0.15) is 11.5 Å². The van der Waals surface area contributed by atoms with Crippen molar-refractivity contribution in [1.29, 1.82) is 0 Å². The van der Waals surface area contributed by atoms with E-state index in [1.54, 1.807) is 6.92 Å². The van der Waals surface area contributed by atoms with Crippen molar-refractivity contribution in [2.24, 2.45) is 23.7 Å². The fourth-order valence-electron chi connectivity index (χ4n) is 6.63. The van der Waals surface area contributed by atoms with Crippen LogP contribution in [0, 0.1) is 23.7 Å². The third-order valence-electron chi connectivity index (χ3n) is 9.15. The molecule has 0 spiro atoms. The summed E-state index contributed by atoms with van der Waals surface area (Å²) >= 11 is 0. The van der Waals surface area contributed by atoms with Crippen LogP contribution in [0.5, 0.6) is 5.75 Å². The number of benzene rings is 2. The van der Waals surface area contributed by atoms with E-state index >= 15 is 0 Å². The first-order valence-electron chi connectivity index (χ1n) is 14.1. The minimum atomic E-state index is -4.72. The molecule has 2 aromatic carbocycles. The molecule has 2 aromatic rings. The quantitative estimate of drug-likeness (QED) is 0.319. The maximum Gasteiger partial charge on any atom is 0.416 e. The molecule has 2 unspecified atom stereocenters. The van der Waals surface area contributed by atoms with Gasteiger partial charge in [0, 0.05) is 18.4 Å². The monoisotopic (exact) mass is 567 g/mol. The van der Waals surface area contributed by atoms with Crippen LogP contribution < -0.4 is 4.74 Å². The maximum absolute atomic E-state index is 13.5. The molecular weight excluding hydrogens is 532 g/mol. The van der Waals surface area contributed by atoms with Gasteiger partial charge in [0.15, 0.2) is 0 Å². The normalized spacial score (nSPS) is 22.4. The summed E-state index contributed by atoms with van der Waals surface area (Å²) in [7, 11) is 0. The van der Waals surface area contributed by atoms with E-state index in [-0.39, 0.29) is 35.6 Å². The number of Topliss-reactive ketones (excluding diaryl/α,β-unsaturated/α-hetero) is 1. The number of fused-ring (bicyclic) bond motifs is 1. The Labute approximate surface area is 230 Å². The van der Waals surface area contributed by atoms with Crippen LogP contribution in [-0.4, -0.2) is 30.4 Å². The van der Waals surface area contributed by atoms with Crippen LogP contribution in [0.4, 0.5) is 26.3 Å². The van der Waals surface area contributed by atoms with E-state index in [2.05, 4.69) is 12.1 Å². The van der Waals surface area contributed by atoms with Crippen molar-refractivity contribution in [3.63, 3.8) is 0 Å². The summed E-state index contributed by atoms with van der Waals surface area (Å²) in [6, 6.07) is 7.98. The van der Waals surface area contributed by atoms with Gasteiger partial charge in [-0.05, 0) is 111 Å². The van der Waals surface area contributed by atoms with E-state index in [1.165, 1.54) is 5.56 Å². The topological polar surface area (TPSA) is 29.5 Å². The first-order valence-corrected chi connectivity index (χ1v) is 14.1. The molecule has 40 heavy (non-hydrogen) atoms. The SMILES string of the molecule is CC(=O)[C@@H](C)C(c1ccc2c(c1)CC(C1CCN(Cc3cc(C(F)(F)F)ccc3C(F)(F)F)CC1)CO2)C1CC1. The Balaban J connectivity index is 1.24. The van der Waals surface area contributed by atoms with Gasteiger partial charge in [-0.25, -0.2) is 0 Å². The molecule has 0 bridgehead atoms. The molecule has 1 saturated carbocycles. The minimum absolute atomic E-state index is 0.0372. The van der Waals surface area contributed by atoms with Crippen LogP contribution >= 0.6 is 0 Å². The molecule has 1 saturated heterocycles. The Hall–Kier alpha value is -2.55. The minimum Gasteiger partial charge on any atom is -0.493 e. The second-order valence-electron chi connectivity index (χ2n) is 11.9. The highest BCUT2D eigenvalue weighted by molar-refractivity contribution is 5.79. The summed E-state index contributed by atoms with van der Waals surface area (Å²) in [6.07, 6.45) is -4.81. The molecule has 9 heteroatoms. The van der Waals surface area contributed by atoms with Crippen LogP contribution in [-0.2, 0) is 30.1 Å². The Morgan fingerprint density at radius 2 is 1.65 bits per heavy atom. The van der Waals surface area contributed by atoms with Gasteiger partial charge in [-0.15, -0.1) is 0 Å². The second-order valence-corrected chi connectivity index (χ2v) is 11.9. The lowest BCUT2D eigenvalue weighted by Gasteiger charge is -2.38. The van der Waals surface area contributed by atoms with Gasteiger partial charge in [0.25, 0.3) is 0 Å². The van der Waals surface area contributed by atoms with Crippen LogP contribution in [0.25, 0.3) is 0 Å². The predicted molar refractivity (Wildman–Crippen MR) is 139 cm³/mol. The molecule has 2 fully saturated rings. The summed E-state index contributed by atoms with van der Waals surface area (Å²) in [5.41, 5.74) is -0.0992. The van der Waals surface area contributed by atoms with Crippen molar-refractivity contribution in [3.8, 4) is 5.75 Å². The van der Waals surface area contributed by atoms with Gasteiger partial charge in [0.05, 0.1) is 17.7 Å². The average Bonchev–Trinajstić information content (AvgIpc) is 3.73. The van der Waals surface area contributed by atoms with Gasteiger partial charge < -0.3 is 4.74 Å². The van der Waals surface area contributed by atoms with Crippen LogP contribution in [0.1, 0.15) is 73.3 Å². The molecular formula is C31H35F6NO2. The molecule has 3 aliphatic rings. The van der Waals surface area contributed by atoms with Crippen LogP contribution in [0.15, 0.2) is 36.4 Å². The number of hydrogen-bond acceptors (Lipinski definition) is 3. The molecule has 218 valence electrons. The van der Waals surface area contributed by atoms with Crippen molar-refractivity contribution >= 4 is 5.78 Å². The van der Waals surface area contributed by atoms with E-state index in [9.17, 15) is 31.1 Å². The smallest absolute Gasteiger partial charge is 0.416 e. The third-order valence-corrected chi connectivity index (χ3v) is 9.15. The van der Waals surface area contributed by atoms with Crippen molar-refractivity contribution in [3.05, 3.63) is 64.2 Å². The molecule has 0 amide bonds. The first-order chi connectivity index (χ1) is 18.8. The van der Waals surface area contributed by atoms with E-state index in [4.69, 9.17) is 4.74 Å². The summed E-state index contributed by atoms with van der Waals surface area (Å²) < 4.78 is 86.3. The van der Waals surface area contributed by atoms with Crippen molar-refractivity contribution in [2.45, 2.75) is 70.8 Å². The first kappa shape index (κ1) is 29.0. The van der Waals surface area contributed by atoms with Crippen molar-refractivity contribution in [1.82, 2.24) is 4.90 Å². The third kappa shape index (κ3) is 6.34. The van der Waals surface area contributed by atoms with Gasteiger partial charge in [0.2, 0.25) is 0 Å². The number of halogens is 6. The Morgan fingerprint density at radius 3 is 2.25 bits per heavy atom. The molecule has 3 atom stereocenters. The predicted octanol–water partition coefficient (Wildman–Crippen LogP) is 7.91. The van der Waals surface area contributed by atoms with E-state index < -0.39 is 23.5 Å². The second kappa shape index (κ2) is 11.0. The Morgan fingerprint density at radius 1 is 0.950 bits per heavy atom. The fraction of sp³-hybridized carbons (Fsp3) is 0.581. The average molecular weight is 568 g/mol. The number of piperidine rings is 1. The molecule has 2 heterocycles. The number of alkyl halides is 6. The number of carbonyl (C=O) groups excluding carboxylic acids is 1. The molecule has 2 aliphatic heterocycles. The number of rotatable bonds is 7. The molecule has 0 radical (unpaired) electrons. The van der Waals surface area contributed by atoms with E-state index in [0.717, 1.165) is 43.4 Å². The molecule has 3 nitrogen and oxygen atoms in total. The summed E-state index contributed by atoms with van der Waals surface area (Å²) in [5.74, 6) is 2.35. The lowest BCUT2D eigenvalue weighted by Crippen LogP contribution is -2.39. The molecule has 0 N–H and O–H groups in total. The Kier molecular flexibility index (Phi) is 7.98. The summed E-state index contributed by atoms with van der Waals surface area (Å²) in [4.78, 5) is 14.0. The summed E-state index contributed by atoms with van der Waals surface area (Å²) in [6.45, 7) is 5.09. The highest BCUT2D eigenvalue weighted by Gasteiger charge is 2.40. The highest BCUT2D eigenvalue weighted by atomic mass is 19.4. The molecule has 5 rings (SSSR count). The van der Waals surface area contributed by atoms with Crippen molar-refractivity contribution < 1.29 is 35.9 Å². The largest absolute Gasteiger partial charge is 0.493 e. The zero-order valence-corrected chi connectivity index (χ0v) is 22.7. The van der Waals surface area contributed by atoms with Gasteiger partial charge in [-0.3, -0.25) is 9.69 Å². The molecule has 0 aromatic heterocycles. The number of nitrogens with zero attached hydrogens (tertiary/aromatic N) is 1. The van der Waals surface area contributed by atoms with E-state index in [0.29, 0.717) is 49.7 Å². The van der Waals surface area contributed by atoms with Gasteiger partial charge >= 0.3 is 12.4 Å². The number of likely N-dealkylation sites (tertiary alicyclic amines) is 1. The zero-order chi connectivity index (χ0) is 28.8. The number of ether oxygens (including phenoxy) is 1. The van der Waals surface area contributed by atoms with E-state index in [1.807, 2.05) is 17.9 Å². The Bertz CT molecular complexity index is 1230. The summed E-state index contributed by atoms with van der Waals surface area (Å²) in [5, 5.41) is 0. The standard InChI is InChI=1S/C31H35F6NO2/c1-18(19(2)39)29(21-3-4-21)22-5-8-28-23(13-22)14-25(17-40-28)20-9-11-38(12-10-20)16-24-15-26(30(32,33)34)6-7-27(24)31(35,36)37/h5-8,13,15,18,20-21,25,29H,3-4,9-12,14,16-17H2,1-2H3/t18-,25?,29?/m1/s1. The van der Waals surface area contributed by atoms with Crippen LogP contribution in [0.2, 0.25) is 0 Å². The fourth-order valence-corrected chi connectivity index (χ4v) is 6.63. The van der Waals surface area contributed by atoms with Crippen LogP contribution in [0.3, 0.4) is 0 Å². The maximum atomic E-state index is 13.5. The van der Waals surface area contributed by atoms with Gasteiger partial charge in [-0.2, -0.15) is 26.3 Å². The number of ketones is 1. The number of hydrogen-bond donors (Lipinski definition) is 0. The highest BCUT2D eigenvalue weighted by Crippen LogP contribution is 2.48. The van der Waals surface area contributed by atoms with Gasteiger partial charge in [-0.1, -0.05) is 19.1 Å². The lowest BCUT2D eigenvalue weighted by atomic mass is 9.77.